The van der Waals surface area contributed by atoms with E-state index < -0.39 is 29.7 Å². The van der Waals surface area contributed by atoms with Crippen LogP contribution in [0.25, 0.3) is 5.69 Å². The van der Waals surface area contributed by atoms with Gasteiger partial charge in [0, 0.05) is 29.5 Å². The molecule has 2 aromatic carbocycles. The van der Waals surface area contributed by atoms with Gasteiger partial charge in [-0.2, -0.15) is 0 Å². The Morgan fingerprint density at radius 1 is 1.10 bits per heavy atom. The molecule has 1 amide bonds. The van der Waals surface area contributed by atoms with Gasteiger partial charge in [-0.25, -0.2) is 8.78 Å². The van der Waals surface area contributed by atoms with E-state index in [4.69, 9.17) is 33.8 Å². The number of nitrogens with zero attached hydrogens (tertiary/aromatic N) is 2. The summed E-state index contributed by atoms with van der Waals surface area (Å²) in [4.78, 5) is 28.3. The van der Waals surface area contributed by atoms with E-state index in [2.05, 4.69) is 5.16 Å². The van der Waals surface area contributed by atoms with Gasteiger partial charge in [0.2, 0.25) is 0 Å². The van der Waals surface area contributed by atoms with Crippen molar-refractivity contribution in [3.05, 3.63) is 97.9 Å². The van der Waals surface area contributed by atoms with Gasteiger partial charge in [-0.3, -0.25) is 14.2 Å². The van der Waals surface area contributed by atoms with Crippen LogP contribution in [-0.4, -0.2) is 22.8 Å². The minimum Gasteiger partial charge on any atom is -0.385 e. The minimum absolute atomic E-state index is 0.106. The molecule has 0 bridgehead atoms. The molecule has 3 aromatic rings. The zero-order chi connectivity index (χ0) is 21.8. The van der Waals surface area contributed by atoms with Crippen molar-refractivity contribution in [2.75, 3.05) is 6.61 Å². The first-order chi connectivity index (χ1) is 14.3. The lowest BCUT2D eigenvalue weighted by atomic mass is 10.0. The van der Waals surface area contributed by atoms with Gasteiger partial charge in [0.25, 0.3) is 11.5 Å². The van der Waals surface area contributed by atoms with Crippen LogP contribution >= 0.6 is 23.2 Å². The molecule has 0 unspecified atom stereocenters. The highest BCUT2D eigenvalue weighted by molar-refractivity contribution is 6.37. The van der Waals surface area contributed by atoms with Crippen LogP contribution in [0, 0.1) is 11.6 Å². The summed E-state index contributed by atoms with van der Waals surface area (Å²) in [6, 6.07) is 10.1. The Bertz CT molecular complexity index is 1190. The standard InChI is InChI=1S/C20H13Cl2F2N3O3/c21-14-2-1-3-15(22)20(14)27-9-11(4-7-18(27)29)19(26-30-10-17(25)28)13-6-5-12(23)8-16(13)24/h1-9H,10H2,(H2,25,28)/b26-19+. The zero-order valence-corrected chi connectivity index (χ0v) is 16.6. The fraction of sp³-hybridized carbons (Fsp3) is 0.0500. The maximum absolute atomic E-state index is 14.4. The predicted molar refractivity (Wildman–Crippen MR) is 109 cm³/mol. The van der Waals surface area contributed by atoms with Crippen LogP contribution in [-0.2, 0) is 9.63 Å². The minimum atomic E-state index is -0.926. The summed E-state index contributed by atoms with van der Waals surface area (Å²) in [5.41, 5.74) is 4.75. The van der Waals surface area contributed by atoms with Crippen molar-refractivity contribution in [3.63, 3.8) is 0 Å². The smallest absolute Gasteiger partial charge is 0.258 e. The maximum Gasteiger partial charge on any atom is 0.258 e. The fourth-order valence-corrected chi connectivity index (χ4v) is 3.20. The Kier molecular flexibility index (Phi) is 6.49. The van der Waals surface area contributed by atoms with Gasteiger partial charge in [-0.15, -0.1) is 0 Å². The fourth-order valence-electron chi connectivity index (χ4n) is 2.62. The molecule has 0 aliphatic rings. The van der Waals surface area contributed by atoms with Crippen LogP contribution < -0.4 is 11.3 Å². The Labute approximate surface area is 179 Å². The predicted octanol–water partition coefficient (Wildman–Crippen LogP) is 3.68. The number of rotatable bonds is 6. The van der Waals surface area contributed by atoms with Gasteiger partial charge >= 0.3 is 0 Å². The first-order valence-corrected chi connectivity index (χ1v) is 9.14. The average molecular weight is 452 g/mol. The summed E-state index contributed by atoms with van der Waals surface area (Å²) in [5.74, 6) is -2.52. The number of amides is 1. The number of aromatic nitrogens is 1. The zero-order valence-electron chi connectivity index (χ0n) is 15.1. The van der Waals surface area contributed by atoms with Crippen LogP contribution in [0.4, 0.5) is 8.78 Å². The van der Waals surface area contributed by atoms with Gasteiger partial charge in [-0.1, -0.05) is 34.4 Å². The van der Waals surface area contributed by atoms with Gasteiger partial charge in [0.1, 0.15) is 17.3 Å². The molecule has 0 spiro atoms. The molecule has 0 atom stereocenters. The van der Waals surface area contributed by atoms with Crippen molar-refractivity contribution in [3.8, 4) is 5.69 Å². The van der Waals surface area contributed by atoms with Crippen LogP contribution in [0.3, 0.4) is 0 Å². The second-order valence-corrected chi connectivity index (χ2v) is 6.81. The molecule has 1 aromatic heterocycles. The number of carbonyl (C=O) groups is 1. The first-order valence-electron chi connectivity index (χ1n) is 8.39. The van der Waals surface area contributed by atoms with Crippen LogP contribution in [0.5, 0.6) is 0 Å². The third-order valence-corrected chi connectivity index (χ3v) is 4.52. The van der Waals surface area contributed by atoms with Gasteiger partial charge in [0.15, 0.2) is 6.61 Å². The highest BCUT2D eigenvalue weighted by Gasteiger charge is 2.17. The molecular formula is C20H13Cl2F2N3O3. The maximum atomic E-state index is 14.4. The topological polar surface area (TPSA) is 86.7 Å². The van der Waals surface area contributed by atoms with E-state index >= 15 is 0 Å². The number of hydrogen-bond donors (Lipinski definition) is 1. The molecule has 10 heteroatoms. The normalized spacial score (nSPS) is 11.4. The molecule has 0 radical (unpaired) electrons. The Morgan fingerprint density at radius 2 is 1.80 bits per heavy atom. The molecule has 30 heavy (non-hydrogen) atoms. The van der Waals surface area contributed by atoms with Gasteiger partial charge in [-0.05, 0) is 30.3 Å². The quantitative estimate of drug-likeness (QED) is 0.458. The second-order valence-electron chi connectivity index (χ2n) is 6.00. The molecule has 1 heterocycles. The molecule has 0 saturated heterocycles. The van der Waals surface area contributed by atoms with E-state index in [1.807, 2.05) is 0 Å². The lowest BCUT2D eigenvalue weighted by Gasteiger charge is -2.13. The number of halogens is 4. The van der Waals surface area contributed by atoms with E-state index in [0.717, 1.165) is 16.7 Å². The Hall–Kier alpha value is -3.23. The summed E-state index contributed by atoms with van der Waals surface area (Å²) in [6.45, 7) is -0.567. The highest BCUT2D eigenvalue weighted by atomic mass is 35.5. The van der Waals surface area contributed by atoms with E-state index in [-0.39, 0.29) is 32.6 Å². The number of carbonyl (C=O) groups excluding carboxylic acids is 1. The SMILES string of the molecule is NC(=O)CO/N=C(\c1ccc(=O)n(-c2c(Cl)cccc2Cl)c1)c1ccc(F)cc1F. The van der Waals surface area contributed by atoms with Crippen molar-refractivity contribution in [2.45, 2.75) is 0 Å². The van der Waals surface area contributed by atoms with E-state index in [1.165, 1.54) is 18.3 Å². The summed E-state index contributed by atoms with van der Waals surface area (Å²) >= 11 is 12.4. The van der Waals surface area contributed by atoms with E-state index in [0.29, 0.717) is 6.07 Å². The van der Waals surface area contributed by atoms with Crippen molar-refractivity contribution < 1.29 is 18.4 Å². The molecule has 0 fully saturated rings. The molecule has 2 N–H and O–H groups in total. The first kappa shape index (κ1) is 21.5. The summed E-state index contributed by atoms with van der Waals surface area (Å²) in [7, 11) is 0. The highest BCUT2D eigenvalue weighted by Crippen LogP contribution is 2.27. The van der Waals surface area contributed by atoms with Gasteiger partial charge in [0.05, 0.1) is 15.7 Å². The number of nitrogens with two attached hydrogens (primary N) is 1. The van der Waals surface area contributed by atoms with Crippen LogP contribution in [0.1, 0.15) is 11.1 Å². The third kappa shape index (κ3) is 4.67. The molecule has 154 valence electrons. The van der Waals surface area contributed by atoms with Crippen molar-refractivity contribution in [2.24, 2.45) is 10.9 Å². The number of pyridine rings is 1. The van der Waals surface area contributed by atoms with Crippen molar-refractivity contribution in [1.29, 1.82) is 0 Å². The van der Waals surface area contributed by atoms with Crippen molar-refractivity contribution in [1.82, 2.24) is 4.57 Å². The van der Waals surface area contributed by atoms with Crippen molar-refractivity contribution >= 4 is 34.8 Å². The molecule has 3 rings (SSSR count). The molecule has 0 aliphatic heterocycles. The number of para-hydroxylation sites is 1. The average Bonchev–Trinajstić information content (AvgIpc) is 2.67. The number of primary amides is 1. The van der Waals surface area contributed by atoms with E-state index in [9.17, 15) is 18.4 Å². The number of benzene rings is 2. The second kappa shape index (κ2) is 9.06. The number of oxime groups is 1. The summed E-state index contributed by atoms with van der Waals surface area (Å²) in [6.07, 6.45) is 1.32. The number of hydrogen-bond acceptors (Lipinski definition) is 4. The third-order valence-electron chi connectivity index (χ3n) is 3.91. The summed E-state index contributed by atoms with van der Waals surface area (Å²) < 4.78 is 28.9. The molecular weight excluding hydrogens is 439 g/mol. The molecule has 0 aliphatic carbocycles. The summed E-state index contributed by atoms with van der Waals surface area (Å²) in [5, 5.41) is 4.19. The van der Waals surface area contributed by atoms with E-state index in [1.54, 1.807) is 18.2 Å². The van der Waals surface area contributed by atoms with Crippen LogP contribution in [0.15, 0.2) is 64.7 Å². The van der Waals surface area contributed by atoms with Crippen LogP contribution in [0.2, 0.25) is 10.0 Å². The van der Waals surface area contributed by atoms with Gasteiger partial charge < -0.3 is 10.6 Å². The molecule has 6 nitrogen and oxygen atoms in total. The largest absolute Gasteiger partial charge is 0.385 e. The monoisotopic (exact) mass is 451 g/mol. The Morgan fingerprint density at radius 3 is 2.43 bits per heavy atom. The lowest BCUT2D eigenvalue weighted by Crippen LogP contribution is -2.21. The Balaban J connectivity index is 2.19. The molecule has 0 saturated carbocycles. The lowest BCUT2D eigenvalue weighted by molar-refractivity contribution is -0.122.